The van der Waals surface area contributed by atoms with Crippen molar-refractivity contribution < 1.29 is 0 Å². The molecule has 0 radical (unpaired) electrons. The molecule has 0 fully saturated rings. The molecule has 7 rings (SSSR count). The molecular formula is C35H26N2. The lowest BCUT2D eigenvalue weighted by atomic mass is 10.0. The first-order chi connectivity index (χ1) is 18.3. The van der Waals surface area contributed by atoms with Gasteiger partial charge in [-0.3, -0.25) is 0 Å². The van der Waals surface area contributed by atoms with Gasteiger partial charge in [-0.1, -0.05) is 109 Å². The van der Waals surface area contributed by atoms with E-state index in [9.17, 15) is 0 Å². The fraction of sp³-hybridized carbons (Fsp3) is 0.0286. The Bertz CT molecular complexity index is 1840. The zero-order valence-electron chi connectivity index (χ0n) is 20.7. The molecule has 0 aliphatic heterocycles. The minimum atomic E-state index is 1.18. The maximum absolute atomic E-state index is 2.41. The van der Waals surface area contributed by atoms with E-state index in [4.69, 9.17) is 0 Å². The summed E-state index contributed by atoms with van der Waals surface area (Å²) in [6, 6.07) is 50.0. The fourth-order valence-corrected chi connectivity index (χ4v) is 5.70. The molecule has 0 saturated carbocycles. The van der Waals surface area contributed by atoms with Crippen LogP contribution in [0.2, 0.25) is 0 Å². The van der Waals surface area contributed by atoms with Crippen molar-refractivity contribution in [3.05, 3.63) is 140 Å². The van der Waals surface area contributed by atoms with Crippen LogP contribution in [0, 0.1) is 0 Å². The van der Waals surface area contributed by atoms with Crippen molar-refractivity contribution in [2.24, 2.45) is 0 Å². The summed E-state index contributed by atoms with van der Waals surface area (Å²) in [7, 11) is 2.17. The molecule has 0 saturated heterocycles. The first-order valence-corrected chi connectivity index (χ1v) is 12.7. The summed E-state index contributed by atoms with van der Waals surface area (Å²) in [6.07, 6.45) is 0. The first-order valence-electron chi connectivity index (χ1n) is 12.7. The lowest BCUT2D eigenvalue weighted by Crippen LogP contribution is -2.11. The van der Waals surface area contributed by atoms with Gasteiger partial charge in [-0.05, 0) is 35.9 Å². The second kappa shape index (κ2) is 8.69. The number of para-hydroxylation sites is 3. The molecule has 0 bridgehead atoms. The number of rotatable bonds is 4. The summed E-state index contributed by atoms with van der Waals surface area (Å²) in [6.45, 7) is 0. The van der Waals surface area contributed by atoms with E-state index >= 15 is 0 Å². The molecule has 1 aromatic heterocycles. The van der Waals surface area contributed by atoms with Gasteiger partial charge in [0.15, 0.2) is 0 Å². The number of fused-ring (bicyclic) bond motifs is 4. The third-order valence-electron chi connectivity index (χ3n) is 7.41. The van der Waals surface area contributed by atoms with Gasteiger partial charge < -0.3 is 9.47 Å². The van der Waals surface area contributed by atoms with E-state index in [0.29, 0.717) is 0 Å². The van der Waals surface area contributed by atoms with Crippen molar-refractivity contribution in [3.8, 4) is 16.8 Å². The Balaban J connectivity index is 1.46. The highest BCUT2D eigenvalue weighted by molar-refractivity contribution is 6.11. The quantitative estimate of drug-likeness (QED) is 0.247. The Labute approximate surface area is 216 Å². The van der Waals surface area contributed by atoms with Crippen LogP contribution >= 0.6 is 0 Å². The van der Waals surface area contributed by atoms with E-state index in [2.05, 4.69) is 156 Å². The first kappa shape index (κ1) is 21.5. The van der Waals surface area contributed by atoms with Gasteiger partial charge in [0.25, 0.3) is 0 Å². The zero-order valence-corrected chi connectivity index (χ0v) is 20.7. The predicted molar refractivity (Wildman–Crippen MR) is 158 cm³/mol. The number of benzene rings is 6. The molecule has 0 spiro atoms. The number of hydrogen-bond donors (Lipinski definition) is 0. The second-order valence-electron chi connectivity index (χ2n) is 9.46. The molecular weight excluding hydrogens is 448 g/mol. The van der Waals surface area contributed by atoms with E-state index in [-0.39, 0.29) is 0 Å². The third-order valence-corrected chi connectivity index (χ3v) is 7.41. The average Bonchev–Trinajstić information content (AvgIpc) is 3.31. The van der Waals surface area contributed by atoms with Crippen LogP contribution in [-0.4, -0.2) is 11.6 Å². The summed E-state index contributed by atoms with van der Waals surface area (Å²) in [5.41, 5.74) is 8.46. The maximum Gasteiger partial charge on any atom is 0.0541 e. The molecule has 0 aliphatic carbocycles. The molecule has 7 aromatic rings. The highest BCUT2D eigenvalue weighted by Gasteiger charge is 2.17. The normalized spacial score (nSPS) is 11.4. The van der Waals surface area contributed by atoms with Crippen molar-refractivity contribution in [3.63, 3.8) is 0 Å². The molecule has 176 valence electrons. The topological polar surface area (TPSA) is 8.17 Å². The average molecular weight is 475 g/mol. The highest BCUT2D eigenvalue weighted by atomic mass is 15.1. The van der Waals surface area contributed by atoms with Gasteiger partial charge in [-0.25, -0.2) is 0 Å². The van der Waals surface area contributed by atoms with E-state index in [1.807, 2.05) is 0 Å². The minimum absolute atomic E-state index is 1.18. The van der Waals surface area contributed by atoms with E-state index in [1.165, 1.54) is 60.8 Å². The van der Waals surface area contributed by atoms with Crippen LogP contribution in [0.1, 0.15) is 0 Å². The zero-order chi connectivity index (χ0) is 24.8. The monoisotopic (exact) mass is 474 g/mol. The molecule has 1 heterocycles. The predicted octanol–water partition coefficient (Wildman–Crippen LogP) is 9.37. The Morgan fingerprint density at radius 1 is 0.432 bits per heavy atom. The minimum Gasteiger partial charge on any atom is -0.344 e. The molecule has 0 N–H and O–H groups in total. The third kappa shape index (κ3) is 3.41. The molecule has 0 unspecified atom stereocenters. The number of anilines is 2. The molecule has 2 heteroatoms. The van der Waals surface area contributed by atoms with Gasteiger partial charge in [0.05, 0.1) is 16.7 Å². The molecule has 2 nitrogen and oxygen atoms in total. The van der Waals surface area contributed by atoms with Crippen LogP contribution in [0.15, 0.2) is 140 Å². The van der Waals surface area contributed by atoms with Crippen molar-refractivity contribution in [2.45, 2.75) is 0 Å². The summed E-state index contributed by atoms with van der Waals surface area (Å²) in [5, 5.41) is 5.02. The Kier molecular flexibility index (Phi) is 5.04. The lowest BCUT2D eigenvalue weighted by Gasteiger charge is -2.25. The summed E-state index contributed by atoms with van der Waals surface area (Å²) in [5.74, 6) is 0. The van der Waals surface area contributed by atoms with Crippen LogP contribution in [0.4, 0.5) is 11.4 Å². The van der Waals surface area contributed by atoms with Crippen molar-refractivity contribution in [1.82, 2.24) is 4.57 Å². The fourth-order valence-electron chi connectivity index (χ4n) is 5.70. The highest BCUT2D eigenvalue weighted by Crippen LogP contribution is 2.40. The van der Waals surface area contributed by atoms with Crippen LogP contribution < -0.4 is 4.90 Å². The van der Waals surface area contributed by atoms with Crippen molar-refractivity contribution >= 4 is 44.0 Å². The number of nitrogens with zero attached hydrogens (tertiary/aromatic N) is 2. The molecule has 37 heavy (non-hydrogen) atoms. The molecule has 0 aliphatic rings. The molecule has 0 atom stereocenters. The van der Waals surface area contributed by atoms with E-state index in [0.717, 1.165) is 0 Å². The lowest BCUT2D eigenvalue weighted by molar-refractivity contribution is 1.19. The summed E-state index contributed by atoms with van der Waals surface area (Å²) >= 11 is 0. The molecule has 0 amide bonds. The largest absolute Gasteiger partial charge is 0.344 e. The molecule has 6 aromatic carbocycles. The van der Waals surface area contributed by atoms with Crippen LogP contribution in [-0.2, 0) is 0 Å². The van der Waals surface area contributed by atoms with Crippen molar-refractivity contribution in [1.29, 1.82) is 0 Å². The van der Waals surface area contributed by atoms with Gasteiger partial charge in [-0.2, -0.15) is 0 Å². The number of hydrogen-bond acceptors (Lipinski definition) is 1. The van der Waals surface area contributed by atoms with Gasteiger partial charge in [-0.15, -0.1) is 0 Å². The van der Waals surface area contributed by atoms with Crippen LogP contribution in [0.25, 0.3) is 49.4 Å². The van der Waals surface area contributed by atoms with Gasteiger partial charge in [0.2, 0.25) is 0 Å². The van der Waals surface area contributed by atoms with E-state index < -0.39 is 0 Å². The maximum atomic E-state index is 2.41. The SMILES string of the molecule is CN(c1ccccc1-c1ccccc1)c1cccc2c(-n3c4ccccc4c4ccccc43)cccc12. The summed E-state index contributed by atoms with van der Waals surface area (Å²) < 4.78 is 2.41. The van der Waals surface area contributed by atoms with Gasteiger partial charge >= 0.3 is 0 Å². The van der Waals surface area contributed by atoms with Crippen molar-refractivity contribution in [2.75, 3.05) is 11.9 Å². The van der Waals surface area contributed by atoms with Gasteiger partial charge in [0, 0.05) is 45.5 Å². The number of aromatic nitrogens is 1. The van der Waals surface area contributed by atoms with Crippen LogP contribution in [0.5, 0.6) is 0 Å². The smallest absolute Gasteiger partial charge is 0.0541 e. The Morgan fingerprint density at radius 3 is 1.73 bits per heavy atom. The second-order valence-corrected chi connectivity index (χ2v) is 9.46. The Hall–Kier alpha value is -4.82. The summed E-state index contributed by atoms with van der Waals surface area (Å²) in [4.78, 5) is 2.32. The van der Waals surface area contributed by atoms with E-state index in [1.54, 1.807) is 0 Å². The van der Waals surface area contributed by atoms with Gasteiger partial charge in [0.1, 0.15) is 0 Å². The Morgan fingerprint density at radius 2 is 0.973 bits per heavy atom. The standard InChI is InChI=1S/C35H26N2/c1-36(31-20-8-5-15-26(31)25-13-3-2-4-14-25)32-23-11-19-30-27(32)18-12-24-35(30)37-33-21-9-6-16-28(33)29-17-7-10-22-34(29)37/h2-24H,1H3. The van der Waals surface area contributed by atoms with Crippen LogP contribution in [0.3, 0.4) is 0 Å².